The maximum atomic E-state index is 13.6. The molecule has 0 unspecified atom stereocenters. The second kappa shape index (κ2) is 11.4. The van der Waals surface area contributed by atoms with Crippen LogP contribution in [0.25, 0.3) is 11.1 Å². The molecule has 33 heavy (non-hydrogen) atoms. The van der Waals surface area contributed by atoms with Gasteiger partial charge in [-0.25, -0.2) is 0 Å². The molecule has 0 aliphatic heterocycles. The molecule has 2 amide bonds. The Labute approximate surface area is 193 Å². The fourth-order valence-electron chi connectivity index (χ4n) is 3.54. The lowest BCUT2D eigenvalue weighted by molar-refractivity contribution is -0.137. The van der Waals surface area contributed by atoms with Crippen LogP contribution in [0.15, 0.2) is 91.5 Å². The third-order valence-electron chi connectivity index (χ3n) is 5.13. The molecule has 0 aliphatic rings. The van der Waals surface area contributed by atoms with Crippen molar-refractivity contribution in [3.63, 3.8) is 0 Å². The van der Waals surface area contributed by atoms with E-state index in [0.29, 0.717) is 28.8 Å². The van der Waals surface area contributed by atoms with Gasteiger partial charge in [-0.1, -0.05) is 72.8 Å². The maximum Gasteiger partial charge on any atom is 0.305 e. The number of carbonyl (C=O) groups is 3. The minimum absolute atomic E-state index is 0.0683. The monoisotopic (exact) mass is 442 g/mol. The van der Waals surface area contributed by atoms with Gasteiger partial charge in [-0.3, -0.25) is 14.4 Å². The van der Waals surface area contributed by atoms with E-state index in [0.717, 1.165) is 5.56 Å². The Kier molecular flexibility index (Phi) is 8.13. The van der Waals surface area contributed by atoms with E-state index < -0.39 is 5.97 Å². The molecule has 3 aromatic rings. The van der Waals surface area contributed by atoms with Gasteiger partial charge in [-0.15, -0.1) is 6.58 Å². The van der Waals surface area contributed by atoms with Crippen molar-refractivity contribution in [3.05, 3.63) is 108 Å². The van der Waals surface area contributed by atoms with Gasteiger partial charge in [0, 0.05) is 30.8 Å². The number of carboxylic acids is 1. The number of nitrogens with one attached hydrogen (secondary N) is 1. The molecule has 0 bridgehead atoms. The van der Waals surface area contributed by atoms with E-state index in [4.69, 9.17) is 0 Å². The molecule has 0 saturated carbocycles. The Balaban J connectivity index is 2.00. The molecule has 0 atom stereocenters. The van der Waals surface area contributed by atoms with Crippen molar-refractivity contribution in [1.29, 1.82) is 0 Å². The molecule has 0 heterocycles. The number of amides is 2. The summed E-state index contributed by atoms with van der Waals surface area (Å²) >= 11 is 0. The quantitative estimate of drug-likeness (QED) is 0.456. The summed E-state index contributed by atoms with van der Waals surface area (Å²) in [5.41, 5.74) is 2.99. The molecule has 2 N–H and O–H groups in total. The highest BCUT2D eigenvalue weighted by molar-refractivity contribution is 6.06. The van der Waals surface area contributed by atoms with Crippen LogP contribution in [0.1, 0.15) is 32.7 Å². The number of rotatable bonds is 10. The van der Waals surface area contributed by atoms with Gasteiger partial charge in [0.1, 0.15) is 0 Å². The summed E-state index contributed by atoms with van der Waals surface area (Å²) in [6.45, 7) is 4.30. The lowest BCUT2D eigenvalue weighted by Crippen LogP contribution is -2.33. The van der Waals surface area contributed by atoms with Gasteiger partial charge in [-0.05, 0) is 28.8 Å². The zero-order valence-corrected chi connectivity index (χ0v) is 18.2. The van der Waals surface area contributed by atoms with Crippen molar-refractivity contribution >= 4 is 17.8 Å². The van der Waals surface area contributed by atoms with Crippen LogP contribution in [0, 0.1) is 0 Å². The predicted molar refractivity (Wildman–Crippen MR) is 128 cm³/mol. The smallest absolute Gasteiger partial charge is 0.305 e. The lowest BCUT2D eigenvalue weighted by Gasteiger charge is -2.24. The van der Waals surface area contributed by atoms with Crippen molar-refractivity contribution in [1.82, 2.24) is 10.2 Å². The first-order valence-corrected chi connectivity index (χ1v) is 10.6. The topological polar surface area (TPSA) is 86.7 Å². The molecule has 0 spiro atoms. The van der Waals surface area contributed by atoms with Gasteiger partial charge in [0.05, 0.1) is 6.42 Å². The summed E-state index contributed by atoms with van der Waals surface area (Å²) in [5.74, 6) is -1.53. The third kappa shape index (κ3) is 6.17. The number of carbonyl (C=O) groups excluding carboxylic acids is 2. The summed E-state index contributed by atoms with van der Waals surface area (Å²) in [6.07, 6.45) is 1.43. The van der Waals surface area contributed by atoms with E-state index in [-0.39, 0.29) is 31.3 Å². The molecule has 0 fully saturated rings. The summed E-state index contributed by atoms with van der Waals surface area (Å²) < 4.78 is 0. The van der Waals surface area contributed by atoms with Crippen LogP contribution in [0.5, 0.6) is 0 Å². The summed E-state index contributed by atoms with van der Waals surface area (Å²) in [4.78, 5) is 39.1. The normalized spacial score (nSPS) is 10.3. The highest BCUT2D eigenvalue weighted by atomic mass is 16.4. The SMILES string of the molecule is C=CCNC(=O)c1ccccc1-c1ccccc1C(=O)N(CCC(=O)O)Cc1ccccc1. The van der Waals surface area contributed by atoms with Gasteiger partial charge >= 0.3 is 5.97 Å². The maximum absolute atomic E-state index is 13.6. The van der Waals surface area contributed by atoms with Crippen molar-refractivity contribution in [2.24, 2.45) is 0 Å². The Bertz CT molecular complexity index is 1140. The van der Waals surface area contributed by atoms with Crippen LogP contribution in [0.2, 0.25) is 0 Å². The molecule has 3 rings (SSSR count). The van der Waals surface area contributed by atoms with Crippen molar-refractivity contribution < 1.29 is 19.5 Å². The highest BCUT2D eigenvalue weighted by Gasteiger charge is 2.22. The minimum Gasteiger partial charge on any atom is -0.481 e. The molecule has 168 valence electrons. The largest absolute Gasteiger partial charge is 0.481 e. The van der Waals surface area contributed by atoms with Gasteiger partial charge in [-0.2, -0.15) is 0 Å². The van der Waals surface area contributed by atoms with Crippen molar-refractivity contribution in [2.45, 2.75) is 13.0 Å². The van der Waals surface area contributed by atoms with Crippen LogP contribution in [-0.2, 0) is 11.3 Å². The Hall–Kier alpha value is -4.19. The first-order valence-electron chi connectivity index (χ1n) is 10.6. The van der Waals surface area contributed by atoms with E-state index in [9.17, 15) is 19.5 Å². The first kappa shape index (κ1) is 23.5. The van der Waals surface area contributed by atoms with E-state index in [1.807, 2.05) is 42.5 Å². The van der Waals surface area contributed by atoms with E-state index >= 15 is 0 Å². The first-order chi connectivity index (χ1) is 16.0. The minimum atomic E-state index is -0.974. The molecule has 0 aliphatic carbocycles. The third-order valence-corrected chi connectivity index (χ3v) is 5.13. The molecular weight excluding hydrogens is 416 g/mol. The van der Waals surface area contributed by atoms with Gasteiger partial charge in [0.2, 0.25) is 0 Å². The Morgan fingerprint density at radius 1 is 0.848 bits per heavy atom. The zero-order valence-electron chi connectivity index (χ0n) is 18.2. The fraction of sp³-hybridized carbons (Fsp3) is 0.148. The number of hydrogen-bond acceptors (Lipinski definition) is 3. The zero-order chi connectivity index (χ0) is 23.6. The number of benzene rings is 3. The average molecular weight is 443 g/mol. The van der Waals surface area contributed by atoms with Crippen molar-refractivity contribution in [3.8, 4) is 11.1 Å². The Morgan fingerprint density at radius 2 is 1.42 bits per heavy atom. The number of nitrogens with zero attached hydrogens (tertiary/aromatic N) is 1. The molecule has 6 heteroatoms. The van der Waals surface area contributed by atoms with Gasteiger partial charge < -0.3 is 15.3 Å². The summed E-state index contributed by atoms with van der Waals surface area (Å²) in [7, 11) is 0. The Morgan fingerprint density at radius 3 is 2.06 bits per heavy atom. The molecule has 0 saturated heterocycles. The number of hydrogen-bond donors (Lipinski definition) is 2. The van der Waals surface area contributed by atoms with E-state index in [2.05, 4.69) is 11.9 Å². The second-order valence-electron chi connectivity index (χ2n) is 7.45. The molecule has 0 radical (unpaired) electrons. The van der Waals surface area contributed by atoms with Gasteiger partial charge in [0.25, 0.3) is 11.8 Å². The standard InChI is InChI=1S/C27H26N2O4/c1-2-17-28-26(32)23-14-8-6-12-21(23)22-13-7-9-15-24(22)27(33)29(18-16-25(30)31)19-20-10-4-3-5-11-20/h2-15H,1,16-19H2,(H,28,32)(H,30,31). The molecule has 6 nitrogen and oxygen atoms in total. The summed E-state index contributed by atoms with van der Waals surface area (Å²) in [5, 5.41) is 12.0. The van der Waals surface area contributed by atoms with Crippen molar-refractivity contribution in [2.75, 3.05) is 13.1 Å². The fourth-order valence-corrected chi connectivity index (χ4v) is 3.54. The van der Waals surface area contributed by atoms with Crippen LogP contribution >= 0.6 is 0 Å². The van der Waals surface area contributed by atoms with E-state index in [1.54, 1.807) is 42.5 Å². The molecule has 0 aromatic heterocycles. The number of carboxylic acid groups (broad SMARTS) is 1. The van der Waals surface area contributed by atoms with Crippen LogP contribution < -0.4 is 5.32 Å². The van der Waals surface area contributed by atoms with Crippen LogP contribution in [0.3, 0.4) is 0 Å². The van der Waals surface area contributed by atoms with Crippen LogP contribution in [-0.4, -0.2) is 40.9 Å². The second-order valence-corrected chi connectivity index (χ2v) is 7.45. The predicted octanol–water partition coefficient (Wildman–Crippen LogP) is 4.39. The highest BCUT2D eigenvalue weighted by Crippen LogP contribution is 2.28. The summed E-state index contributed by atoms with van der Waals surface area (Å²) in [6, 6.07) is 23.6. The van der Waals surface area contributed by atoms with Gasteiger partial charge in [0.15, 0.2) is 0 Å². The number of aliphatic carboxylic acids is 1. The van der Waals surface area contributed by atoms with Crippen LogP contribution in [0.4, 0.5) is 0 Å². The molecular formula is C27H26N2O4. The lowest BCUT2D eigenvalue weighted by atomic mass is 9.94. The molecule has 3 aromatic carbocycles. The average Bonchev–Trinajstić information content (AvgIpc) is 2.85. The van der Waals surface area contributed by atoms with E-state index in [1.165, 1.54) is 4.90 Å².